The number of rotatable bonds is 7. The van der Waals surface area contributed by atoms with Crippen molar-refractivity contribution in [3.8, 4) is 0 Å². The Labute approximate surface area is 217 Å². The van der Waals surface area contributed by atoms with Gasteiger partial charge >= 0.3 is 0 Å². The fourth-order valence-electron chi connectivity index (χ4n) is 4.18. The quantitative estimate of drug-likeness (QED) is 0.356. The van der Waals surface area contributed by atoms with Gasteiger partial charge in [-0.1, -0.05) is 32.9 Å². The van der Waals surface area contributed by atoms with Gasteiger partial charge in [-0.3, -0.25) is 14.3 Å². The molecule has 0 radical (unpaired) electrons. The van der Waals surface area contributed by atoms with Crippen LogP contribution in [0.4, 0.5) is 11.5 Å². The summed E-state index contributed by atoms with van der Waals surface area (Å²) in [7, 11) is 1.87. The molecule has 0 saturated carbocycles. The van der Waals surface area contributed by atoms with Gasteiger partial charge in [0.25, 0.3) is 5.91 Å². The van der Waals surface area contributed by atoms with Crippen LogP contribution in [0.15, 0.2) is 36.8 Å². The number of nitrogens with zero attached hydrogens (tertiary/aromatic N) is 5. The Bertz CT molecular complexity index is 1490. The summed E-state index contributed by atoms with van der Waals surface area (Å²) >= 11 is 0. The predicted molar refractivity (Wildman–Crippen MR) is 145 cm³/mol. The Morgan fingerprint density at radius 1 is 1.11 bits per heavy atom. The van der Waals surface area contributed by atoms with E-state index in [0.717, 1.165) is 28.2 Å². The van der Waals surface area contributed by atoms with Crippen molar-refractivity contribution in [2.24, 2.45) is 7.05 Å². The average Bonchev–Trinajstić information content (AvgIpc) is 3.35. The molecule has 2 N–H and O–H groups in total. The second-order valence-corrected chi connectivity index (χ2v) is 10.8. The minimum absolute atomic E-state index is 0.00542. The van der Waals surface area contributed by atoms with Crippen LogP contribution in [0.2, 0.25) is 0 Å². The van der Waals surface area contributed by atoms with Crippen LogP contribution in [0.5, 0.6) is 0 Å². The number of amides is 1. The number of ketones is 1. The van der Waals surface area contributed by atoms with Crippen molar-refractivity contribution in [2.45, 2.75) is 66.3 Å². The highest BCUT2D eigenvalue weighted by atomic mass is 16.1. The summed E-state index contributed by atoms with van der Waals surface area (Å²) in [5.74, 6) is 0.411. The van der Waals surface area contributed by atoms with Crippen LogP contribution in [0.25, 0.3) is 5.52 Å². The largest absolute Gasteiger partial charge is 0.350 e. The Morgan fingerprint density at radius 3 is 2.49 bits per heavy atom. The number of hydrogen-bond acceptors (Lipinski definition) is 6. The zero-order valence-electron chi connectivity index (χ0n) is 22.8. The number of hydrogen-bond donors (Lipinski definition) is 2. The fourth-order valence-corrected chi connectivity index (χ4v) is 4.18. The number of aryl methyl sites for hydroxylation is 3. The molecule has 9 nitrogen and oxygen atoms in total. The van der Waals surface area contributed by atoms with Crippen LogP contribution in [0.3, 0.4) is 0 Å². The molecule has 3 heterocycles. The van der Waals surface area contributed by atoms with Gasteiger partial charge in [-0.05, 0) is 51.0 Å². The monoisotopic (exact) mass is 501 g/mol. The molecule has 0 fully saturated rings. The van der Waals surface area contributed by atoms with Gasteiger partial charge < -0.3 is 10.6 Å². The van der Waals surface area contributed by atoms with Crippen molar-refractivity contribution < 1.29 is 9.59 Å². The van der Waals surface area contributed by atoms with Gasteiger partial charge in [0.1, 0.15) is 11.8 Å². The normalized spacial score (nSPS) is 11.8. The first-order valence-electron chi connectivity index (χ1n) is 12.4. The summed E-state index contributed by atoms with van der Waals surface area (Å²) in [5, 5.41) is 15.2. The third-order valence-electron chi connectivity index (χ3n) is 6.39. The van der Waals surface area contributed by atoms with Gasteiger partial charge in [0.15, 0.2) is 11.6 Å². The molecule has 0 saturated heterocycles. The standard InChI is InChI=1S/C28H35N7O2/c1-16(2)31-27(37)21-14-35-25(18(21)4)26(29-15-30-35)32-22-11-19(10-9-17(22)3)23(36)12-20-13-24(28(5,6)7)33-34(20)8/h9-11,13-16H,12H2,1-8H3,(H,31,37)(H,29,30,32). The Hall–Kier alpha value is -4.01. The topological polar surface area (TPSA) is 106 Å². The smallest absolute Gasteiger partial charge is 0.253 e. The number of carbonyl (C=O) groups is 2. The van der Waals surface area contributed by atoms with Gasteiger partial charge in [0, 0.05) is 41.6 Å². The van der Waals surface area contributed by atoms with E-state index in [-0.39, 0.29) is 29.6 Å². The summed E-state index contributed by atoms with van der Waals surface area (Å²) in [5.41, 5.74) is 6.10. The van der Waals surface area contributed by atoms with E-state index in [0.29, 0.717) is 22.5 Å². The second kappa shape index (κ2) is 9.80. The average molecular weight is 502 g/mol. The van der Waals surface area contributed by atoms with Crippen LogP contribution >= 0.6 is 0 Å². The third kappa shape index (κ3) is 5.40. The highest BCUT2D eigenvalue weighted by molar-refractivity contribution is 6.00. The fraction of sp³-hybridized carbons (Fsp3) is 0.393. The maximum Gasteiger partial charge on any atom is 0.253 e. The zero-order chi connectivity index (χ0) is 27.1. The van der Waals surface area contributed by atoms with Crippen molar-refractivity contribution in [3.05, 3.63) is 70.4 Å². The molecule has 0 aliphatic carbocycles. The van der Waals surface area contributed by atoms with Crippen LogP contribution < -0.4 is 10.6 Å². The first kappa shape index (κ1) is 26.1. The molecule has 4 rings (SSSR count). The summed E-state index contributed by atoms with van der Waals surface area (Å²) < 4.78 is 3.44. The second-order valence-electron chi connectivity index (χ2n) is 10.8. The van der Waals surface area contributed by atoms with E-state index < -0.39 is 0 Å². The Balaban J connectivity index is 1.63. The molecule has 1 aromatic carbocycles. The first-order valence-corrected chi connectivity index (χ1v) is 12.4. The van der Waals surface area contributed by atoms with Crippen LogP contribution in [-0.4, -0.2) is 42.1 Å². The van der Waals surface area contributed by atoms with Gasteiger partial charge in [0.2, 0.25) is 0 Å². The van der Waals surface area contributed by atoms with Gasteiger partial charge in [-0.15, -0.1) is 0 Å². The van der Waals surface area contributed by atoms with E-state index in [2.05, 4.69) is 46.6 Å². The van der Waals surface area contributed by atoms with Crippen molar-refractivity contribution in [3.63, 3.8) is 0 Å². The maximum atomic E-state index is 13.2. The van der Waals surface area contributed by atoms with Crippen molar-refractivity contribution in [2.75, 3.05) is 5.32 Å². The Morgan fingerprint density at radius 2 is 1.84 bits per heavy atom. The summed E-state index contributed by atoms with van der Waals surface area (Å²) in [6.45, 7) is 14.0. The summed E-state index contributed by atoms with van der Waals surface area (Å²) in [6.07, 6.45) is 3.41. The first-order chi connectivity index (χ1) is 17.3. The number of nitrogens with one attached hydrogen (secondary N) is 2. The van der Waals surface area contributed by atoms with E-state index in [1.54, 1.807) is 15.4 Å². The lowest BCUT2D eigenvalue weighted by Gasteiger charge is -2.13. The molecule has 9 heteroatoms. The van der Waals surface area contributed by atoms with E-state index in [4.69, 9.17) is 0 Å². The molecule has 37 heavy (non-hydrogen) atoms. The summed E-state index contributed by atoms with van der Waals surface area (Å²) in [6, 6.07) is 7.64. The van der Waals surface area contributed by atoms with Crippen LogP contribution in [0.1, 0.15) is 77.8 Å². The van der Waals surface area contributed by atoms with Crippen LogP contribution in [0, 0.1) is 13.8 Å². The molecule has 0 bridgehead atoms. The lowest BCUT2D eigenvalue weighted by molar-refractivity contribution is 0.0941. The molecular weight excluding hydrogens is 466 g/mol. The zero-order valence-corrected chi connectivity index (χ0v) is 22.8. The molecular formula is C28H35N7O2. The lowest BCUT2D eigenvalue weighted by atomic mass is 9.92. The molecule has 0 atom stereocenters. The number of Topliss-reactive ketones (excluding diaryl/α,β-unsaturated/α-hetero) is 1. The van der Waals surface area contributed by atoms with Crippen molar-refractivity contribution in [1.82, 2.24) is 29.7 Å². The van der Waals surface area contributed by atoms with Crippen molar-refractivity contribution >= 4 is 28.7 Å². The number of fused-ring (bicyclic) bond motifs is 1. The van der Waals surface area contributed by atoms with E-state index in [9.17, 15) is 9.59 Å². The maximum absolute atomic E-state index is 13.2. The molecule has 4 aromatic rings. The number of anilines is 2. The minimum atomic E-state index is -0.155. The van der Waals surface area contributed by atoms with Gasteiger partial charge in [-0.2, -0.15) is 10.2 Å². The lowest BCUT2D eigenvalue weighted by Crippen LogP contribution is -2.30. The predicted octanol–water partition coefficient (Wildman–Crippen LogP) is 4.68. The highest BCUT2D eigenvalue weighted by Crippen LogP contribution is 2.28. The molecule has 0 spiro atoms. The van der Waals surface area contributed by atoms with E-state index >= 15 is 0 Å². The van der Waals surface area contributed by atoms with E-state index in [1.165, 1.54) is 6.33 Å². The van der Waals surface area contributed by atoms with Crippen LogP contribution in [-0.2, 0) is 18.9 Å². The van der Waals surface area contributed by atoms with E-state index in [1.807, 2.05) is 59.0 Å². The number of benzene rings is 1. The van der Waals surface area contributed by atoms with Gasteiger partial charge in [0.05, 0.1) is 17.7 Å². The SMILES string of the molecule is Cc1ccc(C(=O)Cc2cc(C(C)(C)C)nn2C)cc1Nc1ncnn2cc(C(=O)NC(C)C)c(C)c12. The molecule has 0 aliphatic heterocycles. The molecule has 194 valence electrons. The molecule has 0 unspecified atom stereocenters. The molecule has 0 aliphatic rings. The highest BCUT2D eigenvalue weighted by Gasteiger charge is 2.21. The minimum Gasteiger partial charge on any atom is -0.350 e. The van der Waals surface area contributed by atoms with Gasteiger partial charge in [-0.25, -0.2) is 9.50 Å². The third-order valence-corrected chi connectivity index (χ3v) is 6.39. The number of carbonyl (C=O) groups excluding carboxylic acids is 2. The molecule has 1 amide bonds. The van der Waals surface area contributed by atoms with Crippen molar-refractivity contribution in [1.29, 1.82) is 0 Å². The molecule has 3 aromatic heterocycles. The summed E-state index contributed by atoms with van der Waals surface area (Å²) in [4.78, 5) is 30.4. The Kier molecular flexibility index (Phi) is 6.90. The number of aromatic nitrogens is 5.